The second-order valence-corrected chi connectivity index (χ2v) is 7.03. The molecule has 0 saturated carbocycles. The fourth-order valence-corrected chi connectivity index (χ4v) is 2.88. The number of methoxy groups -OCH3 is 1. The average Bonchev–Trinajstić information content (AvgIpc) is 3.14. The number of nitrogens with two attached hydrogens (primary N) is 1. The summed E-state index contributed by atoms with van der Waals surface area (Å²) in [7, 11) is -2.62. The minimum absolute atomic E-state index is 0.0705. The first-order chi connectivity index (χ1) is 12.9. The number of primary sulfonamides is 1. The van der Waals surface area contributed by atoms with Gasteiger partial charge in [0.15, 0.2) is 12.4 Å². The summed E-state index contributed by atoms with van der Waals surface area (Å²) in [5.74, 6) is 0.0980. The zero-order chi connectivity index (χ0) is 19.4. The number of esters is 1. The Labute approximate surface area is 155 Å². The minimum Gasteiger partial charge on any atom is -0.496 e. The molecule has 0 amide bonds. The van der Waals surface area contributed by atoms with Crippen molar-refractivity contribution < 1.29 is 27.1 Å². The molecule has 3 aromatic rings. The molecule has 0 radical (unpaired) electrons. The van der Waals surface area contributed by atoms with Crippen LogP contribution in [0, 0.1) is 0 Å². The van der Waals surface area contributed by atoms with Gasteiger partial charge in [-0.2, -0.15) is 0 Å². The normalized spacial score (nSPS) is 11.2. The van der Waals surface area contributed by atoms with Crippen LogP contribution in [-0.4, -0.2) is 26.5 Å². The molecule has 0 unspecified atom stereocenters. The van der Waals surface area contributed by atoms with Crippen LogP contribution in [0.4, 0.5) is 0 Å². The van der Waals surface area contributed by atoms with Crippen molar-refractivity contribution in [2.24, 2.45) is 5.14 Å². The van der Waals surface area contributed by atoms with Crippen molar-refractivity contribution in [3.05, 3.63) is 66.2 Å². The van der Waals surface area contributed by atoms with Gasteiger partial charge in [0.2, 0.25) is 15.9 Å². The van der Waals surface area contributed by atoms with Gasteiger partial charge in [0, 0.05) is 5.56 Å². The number of hydrogen-bond acceptors (Lipinski definition) is 7. The Morgan fingerprint density at radius 2 is 1.93 bits per heavy atom. The van der Waals surface area contributed by atoms with E-state index in [1.54, 1.807) is 0 Å². The number of nitrogens with zero attached hydrogens (tertiary/aromatic N) is 1. The van der Waals surface area contributed by atoms with Crippen LogP contribution in [0.15, 0.2) is 64.0 Å². The number of sulfonamides is 1. The minimum atomic E-state index is -3.97. The SMILES string of the molecule is COc1ccc(S(N)(=O)=O)cc1C(=O)OCc1ncc(-c2ccccc2)o1. The van der Waals surface area contributed by atoms with E-state index in [1.165, 1.54) is 25.4 Å². The summed E-state index contributed by atoms with van der Waals surface area (Å²) in [6, 6.07) is 13.0. The van der Waals surface area contributed by atoms with Gasteiger partial charge in [0.25, 0.3) is 0 Å². The van der Waals surface area contributed by atoms with Crippen molar-refractivity contribution >= 4 is 16.0 Å². The molecule has 0 bridgehead atoms. The summed E-state index contributed by atoms with van der Waals surface area (Å²) in [5.41, 5.74) is 0.768. The third-order valence-electron chi connectivity index (χ3n) is 3.66. The van der Waals surface area contributed by atoms with Crippen molar-refractivity contribution in [2.75, 3.05) is 7.11 Å². The van der Waals surface area contributed by atoms with Gasteiger partial charge in [-0.05, 0) is 18.2 Å². The highest BCUT2D eigenvalue weighted by Crippen LogP contribution is 2.24. The van der Waals surface area contributed by atoms with E-state index in [9.17, 15) is 13.2 Å². The maximum Gasteiger partial charge on any atom is 0.342 e. The molecule has 1 heterocycles. The maximum atomic E-state index is 12.3. The molecule has 3 rings (SSSR count). The first-order valence-corrected chi connectivity index (χ1v) is 9.31. The molecule has 0 aliphatic carbocycles. The van der Waals surface area contributed by atoms with Crippen LogP contribution in [0.1, 0.15) is 16.2 Å². The lowest BCUT2D eigenvalue weighted by molar-refractivity contribution is 0.0435. The second kappa shape index (κ2) is 7.60. The molecule has 0 aliphatic rings. The van der Waals surface area contributed by atoms with Gasteiger partial charge in [0.05, 0.1) is 18.2 Å². The molecule has 2 N–H and O–H groups in total. The van der Waals surface area contributed by atoms with Crippen molar-refractivity contribution in [1.82, 2.24) is 4.98 Å². The molecule has 1 aromatic heterocycles. The fourth-order valence-electron chi connectivity index (χ4n) is 2.34. The second-order valence-electron chi connectivity index (χ2n) is 5.47. The number of hydrogen-bond donors (Lipinski definition) is 1. The molecule has 0 saturated heterocycles. The van der Waals surface area contributed by atoms with Crippen LogP contribution in [0.2, 0.25) is 0 Å². The van der Waals surface area contributed by atoms with Crippen LogP contribution in [0.3, 0.4) is 0 Å². The van der Waals surface area contributed by atoms with Gasteiger partial charge >= 0.3 is 5.97 Å². The summed E-state index contributed by atoms with van der Waals surface area (Å²) < 4.78 is 38.8. The lowest BCUT2D eigenvalue weighted by atomic mass is 10.2. The van der Waals surface area contributed by atoms with E-state index in [2.05, 4.69) is 4.98 Å². The number of rotatable bonds is 6. The van der Waals surface area contributed by atoms with Gasteiger partial charge in [-0.15, -0.1) is 0 Å². The third-order valence-corrected chi connectivity index (χ3v) is 4.57. The molecule has 0 atom stereocenters. The molecule has 8 nitrogen and oxygen atoms in total. The molecule has 0 fully saturated rings. The Kier molecular flexibility index (Phi) is 5.24. The fraction of sp³-hybridized carbons (Fsp3) is 0.111. The van der Waals surface area contributed by atoms with Crippen LogP contribution in [0.5, 0.6) is 5.75 Å². The van der Waals surface area contributed by atoms with Gasteiger partial charge < -0.3 is 13.9 Å². The van der Waals surface area contributed by atoms with E-state index >= 15 is 0 Å². The van der Waals surface area contributed by atoms with Crippen LogP contribution in [0.25, 0.3) is 11.3 Å². The lowest BCUT2D eigenvalue weighted by Gasteiger charge is -2.09. The maximum absolute atomic E-state index is 12.3. The molecule has 9 heteroatoms. The standard InChI is InChI=1S/C18H16N2O6S/c1-24-15-8-7-13(27(19,22)23)9-14(15)18(21)25-11-17-20-10-16(26-17)12-5-3-2-4-6-12/h2-10H,11H2,1H3,(H2,19,22,23). The largest absolute Gasteiger partial charge is 0.496 e. The Bertz CT molecular complexity index is 1060. The van der Waals surface area contributed by atoms with Crippen LogP contribution < -0.4 is 9.88 Å². The predicted molar refractivity (Wildman–Crippen MR) is 95.4 cm³/mol. The molecule has 2 aromatic carbocycles. The first-order valence-electron chi connectivity index (χ1n) is 7.76. The average molecular weight is 388 g/mol. The monoisotopic (exact) mass is 388 g/mol. The van der Waals surface area contributed by atoms with Gasteiger partial charge in [-0.25, -0.2) is 23.3 Å². The van der Waals surface area contributed by atoms with Gasteiger partial charge in [-0.3, -0.25) is 0 Å². The van der Waals surface area contributed by atoms with Crippen molar-refractivity contribution in [3.63, 3.8) is 0 Å². The number of carbonyl (C=O) groups excluding carboxylic acids is 1. The summed E-state index contributed by atoms with van der Waals surface area (Å²) >= 11 is 0. The number of benzene rings is 2. The van der Waals surface area contributed by atoms with Crippen LogP contribution >= 0.6 is 0 Å². The molecule has 0 aliphatic heterocycles. The van der Waals surface area contributed by atoms with E-state index < -0.39 is 16.0 Å². The number of carbonyl (C=O) groups is 1. The zero-order valence-corrected chi connectivity index (χ0v) is 15.1. The van der Waals surface area contributed by atoms with Crippen molar-refractivity contribution in [2.45, 2.75) is 11.5 Å². The first kappa shape index (κ1) is 18.6. The van der Waals surface area contributed by atoms with E-state index in [0.29, 0.717) is 5.76 Å². The number of aromatic nitrogens is 1. The highest BCUT2D eigenvalue weighted by molar-refractivity contribution is 7.89. The third kappa shape index (κ3) is 4.33. The van der Waals surface area contributed by atoms with Crippen LogP contribution in [-0.2, 0) is 21.4 Å². The lowest BCUT2D eigenvalue weighted by Crippen LogP contribution is -2.14. The van der Waals surface area contributed by atoms with Gasteiger partial charge in [0.1, 0.15) is 11.3 Å². The highest BCUT2D eigenvalue weighted by atomic mass is 32.2. The Hall–Kier alpha value is -3.17. The molecular weight excluding hydrogens is 372 g/mol. The molecular formula is C18H16N2O6S. The Balaban J connectivity index is 1.76. The number of oxazole rings is 1. The Morgan fingerprint density at radius 3 is 2.59 bits per heavy atom. The van der Waals surface area contributed by atoms with Crippen molar-refractivity contribution in [3.8, 4) is 17.1 Å². The Morgan fingerprint density at radius 1 is 1.19 bits per heavy atom. The van der Waals surface area contributed by atoms with Crippen molar-refractivity contribution in [1.29, 1.82) is 0 Å². The smallest absolute Gasteiger partial charge is 0.342 e. The molecule has 0 spiro atoms. The highest BCUT2D eigenvalue weighted by Gasteiger charge is 2.19. The van der Waals surface area contributed by atoms with E-state index in [4.69, 9.17) is 19.0 Å². The predicted octanol–water partition coefficient (Wildman–Crippen LogP) is 2.35. The summed E-state index contributed by atoms with van der Waals surface area (Å²) in [6.07, 6.45) is 1.53. The quantitative estimate of drug-likeness (QED) is 0.643. The number of ether oxygens (including phenoxy) is 2. The summed E-state index contributed by atoms with van der Waals surface area (Å²) in [4.78, 5) is 16.2. The van der Waals surface area contributed by atoms with E-state index in [-0.39, 0.29) is 28.7 Å². The summed E-state index contributed by atoms with van der Waals surface area (Å²) in [5, 5.41) is 5.09. The van der Waals surface area contributed by atoms with Gasteiger partial charge in [-0.1, -0.05) is 30.3 Å². The van der Waals surface area contributed by atoms with E-state index in [1.807, 2.05) is 30.3 Å². The molecule has 27 heavy (non-hydrogen) atoms. The zero-order valence-electron chi connectivity index (χ0n) is 14.3. The molecule has 140 valence electrons. The topological polar surface area (TPSA) is 122 Å². The summed E-state index contributed by atoms with van der Waals surface area (Å²) in [6.45, 7) is -0.228. The van der Waals surface area contributed by atoms with E-state index in [0.717, 1.165) is 11.6 Å².